The van der Waals surface area contributed by atoms with E-state index in [2.05, 4.69) is 9.98 Å². The fraction of sp³-hybridized carbons (Fsp3) is 0.176. The van der Waals surface area contributed by atoms with Gasteiger partial charge in [0.1, 0.15) is 9.25 Å². The van der Waals surface area contributed by atoms with E-state index in [0.29, 0.717) is 23.0 Å². The zero-order valence-electron chi connectivity index (χ0n) is 13.5. The van der Waals surface area contributed by atoms with Crippen molar-refractivity contribution >= 4 is 54.8 Å². The quantitative estimate of drug-likeness (QED) is 0.713. The number of sulfonamides is 1. The molecule has 1 radical (unpaired) electrons. The first kappa shape index (κ1) is 16.7. The van der Waals surface area contributed by atoms with Gasteiger partial charge >= 0.3 is 0 Å². The third kappa shape index (κ3) is 2.88. The minimum absolute atomic E-state index is 0.350. The zero-order valence-corrected chi connectivity index (χ0v) is 15.9. The van der Waals surface area contributed by atoms with Crippen molar-refractivity contribution in [1.82, 2.24) is 4.98 Å². The number of anilines is 1. The average molecular weight is 391 g/mol. The lowest BCUT2D eigenvalue weighted by atomic mass is 10.2. The van der Waals surface area contributed by atoms with Crippen LogP contribution in [0.2, 0.25) is 0 Å². The summed E-state index contributed by atoms with van der Waals surface area (Å²) in [7, 11) is -3.57. The van der Waals surface area contributed by atoms with Crippen LogP contribution in [-0.4, -0.2) is 31.5 Å². The van der Waals surface area contributed by atoms with Crippen molar-refractivity contribution in [3.05, 3.63) is 53.2 Å². The number of hydrogen-bond acceptors (Lipinski definition) is 5. The number of nitrogens with zero attached hydrogens (tertiary/aromatic N) is 2. The van der Waals surface area contributed by atoms with Gasteiger partial charge in [0, 0.05) is 17.7 Å². The van der Waals surface area contributed by atoms with E-state index in [0.717, 1.165) is 21.6 Å². The van der Waals surface area contributed by atoms with E-state index in [4.69, 9.17) is 0 Å². The highest BCUT2D eigenvalue weighted by Crippen LogP contribution is 2.33. The molecular weight excluding hydrogens is 374 g/mol. The molecule has 0 saturated heterocycles. The third-order valence-electron chi connectivity index (χ3n) is 3.96. The van der Waals surface area contributed by atoms with E-state index in [-0.39, 0.29) is 0 Å². The van der Waals surface area contributed by atoms with Gasteiger partial charge in [-0.05, 0) is 30.5 Å². The molecule has 0 atom stereocenters. The number of aliphatic imine (C=N–C) groups is 1. The molecule has 25 heavy (non-hydrogen) atoms. The van der Waals surface area contributed by atoms with E-state index in [1.807, 2.05) is 36.9 Å². The van der Waals surface area contributed by atoms with Gasteiger partial charge in [-0.3, -0.25) is 9.30 Å². The SMILES string of the molecule is CCN(c1cccc2cc(C3=NC[CH]S3)[nH]c12)S(=O)(=O)c1cccs1. The molecule has 4 rings (SSSR count). The first-order chi connectivity index (χ1) is 12.1. The molecule has 1 N–H and O–H groups in total. The van der Waals surface area contributed by atoms with Crippen molar-refractivity contribution in [2.24, 2.45) is 4.99 Å². The third-order valence-corrected chi connectivity index (χ3v) is 8.11. The number of benzene rings is 1. The molecule has 0 spiro atoms. The molecule has 0 aliphatic carbocycles. The normalized spacial score (nSPS) is 14.8. The van der Waals surface area contributed by atoms with Gasteiger partial charge in [-0.1, -0.05) is 30.0 Å². The molecule has 8 heteroatoms. The number of thioether (sulfide) groups is 1. The van der Waals surface area contributed by atoms with Crippen LogP contribution in [0.4, 0.5) is 5.69 Å². The topological polar surface area (TPSA) is 65.5 Å². The Hall–Kier alpha value is -1.77. The van der Waals surface area contributed by atoms with Crippen molar-refractivity contribution in [1.29, 1.82) is 0 Å². The second kappa shape index (κ2) is 6.51. The molecule has 0 saturated carbocycles. The Morgan fingerprint density at radius 2 is 2.16 bits per heavy atom. The second-order valence-corrected chi connectivity index (χ2v) is 9.45. The minimum Gasteiger partial charge on any atom is -0.351 e. The van der Waals surface area contributed by atoms with Crippen molar-refractivity contribution in [2.75, 3.05) is 17.4 Å². The fourth-order valence-electron chi connectivity index (χ4n) is 2.87. The predicted octanol–water partition coefficient (Wildman–Crippen LogP) is 4.10. The minimum atomic E-state index is -3.57. The van der Waals surface area contributed by atoms with Gasteiger partial charge < -0.3 is 4.98 Å². The van der Waals surface area contributed by atoms with Gasteiger partial charge in [0.05, 0.1) is 23.4 Å². The van der Waals surface area contributed by atoms with Crippen LogP contribution in [-0.2, 0) is 10.0 Å². The molecule has 129 valence electrons. The summed E-state index contributed by atoms with van der Waals surface area (Å²) >= 11 is 2.83. The maximum atomic E-state index is 13.0. The number of para-hydroxylation sites is 1. The molecule has 1 aromatic carbocycles. The highest BCUT2D eigenvalue weighted by Gasteiger charge is 2.26. The Balaban J connectivity index is 1.84. The van der Waals surface area contributed by atoms with Gasteiger partial charge in [0.15, 0.2) is 0 Å². The molecule has 2 aromatic heterocycles. The molecule has 3 aromatic rings. The predicted molar refractivity (Wildman–Crippen MR) is 106 cm³/mol. The summed E-state index contributed by atoms with van der Waals surface area (Å²) in [6.45, 7) is 2.91. The fourth-order valence-corrected chi connectivity index (χ4v) is 6.16. The Labute approximate surface area is 154 Å². The molecule has 0 fully saturated rings. The average Bonchev–Trinajstić information content (AvgIpc) is 3.34. The molecule has 1 aliphatic rings. The monoisotopic (exact) mass is 390 g/mol. The Bertz CT molecular complexity index is 1040. The first-order valence-electron chi connectivity index (χ1n) is 7.82. The largest absolute Gasteiger partial charge is 0.351 e. The molecule has 0 amide bonds. The van der Waals surface area contributed by atoms with E-state index in [1.165, 1.54) is 15.6 Å². The molecule has 3 heterocycles. The van der Waals surface area contributed by atoms with E-state index in [9.17, 15) is 8.42 Å². The Kier molecular flexibility index (Phi) is 4.35. The molecule has 5 nitrogen and oxygen atoms in total. The highest BCUT2D eigenvalue weighted by atomic mass is 32.2. The van der Waals surface area contributed by atoms with Crippen molar-refractivity contribution in [2.45, 2.75) is 11.1 Å². The lowest BCUT2D eigenvalue weighted by Gasteiger charge is -2.22. The molecule has 0 bridgehead atoms. The zero-order chi connectivity index (χ0) is 17.4. The summed E-state index contributed by atoms with van der Waals surface area (Å²) in [6.07, 6.45) is 0. The summed E-state index contributed by atoms with van der Waals surface area (Å²) in [5, 5.41) is 3.69. The Morgan fingerprint density at radius 3 is 2.84 bits per heavy atom. The molecule has 0 unspecified atom stereocenters. The number of H-pyrrole nitrogens is 1. The van der Waals surface area contributed by atoms with Gasteiger partial charge in [-0.2, -0.15) is 0 Å². The number of aromatic nitrogens is 1. The lowest BCUT2D eigenvalue weighted by Crippen LogP contribution is -2.30. The standard InChI is InChI=1S/C17H16N3O2S3/c1-2-20(25(21,22)15-7-4-9-23-15)14-6-3-5-12-11-13(19-16(12)14)17-18-8-10-24-17/h3-7,9-11,19H,2,8H2,1H3. The van der Waals surface area contributed by atoms with Crippen molar-refractivity contribution in [3.8, 4) is 0 Å². The van der Waals surface area contributed by atoms with E-state index >= 15 is 0 Å². The van der Waals surface area contributed by atoms with Crippen LogP contribution >= 0.6 is 23.1 Å². The van der Waals surface area contributed by atoms with Crippen LogP contribution in [0, 0.1) is 5.75 Å². The number of thiophene rings is 1. The smallest absolute Gasteiger partial charge is 0.273 e. The molecule has 1 aliphatic heterocycles. The van der Waals surface area contributed by atoms with Crippen LogP contribution in [0.15, 0.2) is 51.0 Å². The second-order valence-electron chi connectivity index (χ2n) is 5.46. The van der Waals surface area contributed by atoms with Gasteiger partial charge in [-0.15, -0.1) is 11.3 Å². The van der Waals surface area contributed by atoms with Gasteiger partial charge in [-0.25, -0.2) is 8.42 Å². The van der Waals surface area contributed by atoms with Crippen molar-refractivity contribution < 1.29 is 8.42 Å². The summed E-state index contributed by atoms with van der Waals surface area (Å²) < 4.78 is 27.8. The van der Waals surface area contributed by atoms with Crippen molar-refractivity contribution in [3.63, 3.8) is 0 Å². The van der Waals surface area contributed by atoms with Crippen LogP contribution < -0.4 is 4.31 Å². The summed E-state index contributed by atoms with van der Waals surface area (Å²) in [4.78, 5) is 7.81. The maximum Gasteiger partial charge on any atom is 0.273 e. The first-order valence-corrected chi connectivity index (χ1v) is 11.0. The number of nitrogens with one attached hydrogen (secondary N) is 1. The summed E-state index contributed by atoms with van der Waals surface area (Å²) in [6, 6.07) is 11.1. The summed E-state index contributed by atoms with van der Waals surface area (Å²) in [5.74, 6) is 2.04. The number of aromatic amines is 1. The van der Waals surface area contributed by atoms with Gasteiger partial charge in [0.25, 0.3) is 10.0 Å². The Morgan fingerprint density at radius 1 is 1.28 bits per heavy atom. The van der Waals surface area contributed by atoms with Crippen LogP contribution in [0.1, 0.15) is 12.6 Å². The highest BCUT2D eigenvalue weighted by molar-refractivity contribution is 8.16. The number of hydrogen-bond donors (Lipinski definition) is 1. The number of fused-ring (bicyclic) bond motifs is 1. The van der Waals surface area contributed by atoms with Gasteiger partial charge in [0.2, 0.25) is 0 Å². The summed E-state index contributed by atoms with van der Waals surface area (Å²) in [5.41, 5.74) is 2.40. The van der Waals surface area contributed by atoms with E-state index in [1.54, 1.807) is 29.3 Å². The number of rotatable bonds is 5. The lowest BCUT2D eigenvalue weighted by molar-refractivity contribution is 0.594. The van der Waals surface area contributed by atoms with E-state index < -0.39 is 10.0 Å². The maximum absolute atomic E-state index is 13.0. The molecular formula is C17H16N3O2S3. The van der Waals surface area contributed by atoms with Crippen LogP contribution in [0.3, 0.4) is 0 Å². The van der Waals surface area contributed by atoms with Crippen LogP contribution in [0.5, 0.6) is 0 Å². The van der Waals surface area contributed by atoms with Crippen LogP contribution in [0.25, 0.3) is 10.9 Å².